The topological polar surface area (TPSA) is 14.2 Å². The van der Waals surface area contributed by atoms with Gasteiger partial charge >= 0.3 is 0 Å². The number of aromatic nitrogens is 1. The van der Waals surface area contributed by atoms with E-state index in [4.69, 9.17) is 4.74 Å². The van der Waals surface area contributed by atoms with Gasteiger partial charge in [-0.25, -0.2) is 0 Å². The maximum atomic E-state index is 5.74. The number of hydrogen-bond donors (Lipinski definition) is 0. The quantitative estimate of drug-likeness (QED) is 0.623. The van der Waals surface area contributed by atoms with Crippen LogP contribution in [0.25, 0.3) is 10.9 Å². The van der Waals surface area contributed by atoms with Gasteiger partial charge in [-0.05, 0) is 65.5 Å². The van der Waals surface area contributed by atoms with Crippen LogP contribution in [-0.2, 0) is 6.54 Å². The molecule has 0 unspecified atom stereocenters. The molecule has 0 aliphatic carbocycles. The fourth-order valence-electron chi connectivity index (χ4n) is 2.25. The van der Waals surface area contributed by atoms with Crippen LogP contribution >= 0.6 is 27.3 Å². The average molecular weight is 350 g/mol. The Morgan fingerprint density at radius 1 is 1.25 bits per heavy atom. The Balaban J connectivity index is 1.92. The van der Waals surface area contributed by atoms with Gasteiger partial charge < -0.3 is 9.30 Å². The second kappa shape index (κ2) is 5.62. The molecule has 0 saturated carbocycles. The summed E-state index contributed by atoms with van der Waals surface area (Å²) in [6.45, 7) is 4.99. The Kier molecular flexibility index (Phi) is 3.85. The smallest absolute Gasteiger partial charge is 0.120 e. The van der Waals surface area contributed by atoms with Crippen LogP contribution in [0, 0.1) is 0 Å². The van der Waals surface area contributed by atoms with Crippen molar-refractivity contribution >= 4 is 38.2 Å². The monoisotopic (exact) mass is 349 g/mol. The first-order chi connectivity index (χ1) is 9.63. The van der Waals surface area contributed by atoms with Crippen molar-refractivity contribution in [2.45, 2.75) is 26.5 Å². The fraction of sp³-hybridized carbons (Fsp3) is 0.250. The number of rotatable bonds is 4. The van der Waals surface area contributed by atoms with Crippen LogP contribution in [0.4, 0.5) is 0 Å². The van der Waals surface area contributed by atoms with Gasteiger partial charge in [0.15, 0.2) is 0 Å². The van der Waals surface area contributed by atoms with E-state index in [-0.39, 0.29) is 6.10 Å². The van der Waals surface area contributed by atoms with Gasteiger partial charge in [0.1, 0.15) is 5.75 Å². The molecule has 0 atom stereocenters. The largest absolute Gasteiger partial charge is 0.491 e. The molecule has 0 bridgehead atoms. The van der Waals surface area contributed by atoms with Crippen LogP contribution in [0.3, 0.4) is 0 Å². The minimum absolute atomic E-state index is 0.205. The highest BCUT2D eigenvalue weighted by Crippen LogP contribution is 2.27. The molecule has 2 aromatic heterocycles. The van der Waals surface area contributed by atoms with E-state index in [1.54, 1.807) is 11.3 Å². The SMILES string of the molecule is CC(C)Oc1ccc2c(ccn2Cc2sccc2Br)c1. The molecule has 0 radical (unpaired) electrons. The van der Waals surface area contributed by atoms with E-state index in [9.17, 15) is 0 Å². The lowest BCUT2D eigenvalue weighted by Gasteiger charge is -2.10. The lowest BCUT2D eigenvalue weighted by atomic mass is 10.2. The normalized spacial score (nSPS) is 11.4. The molecule has 0 fully saturated rings. The van der Waals surface area contributed by atoms with Crippen LogP contribution in [0.5, 0.6) is 5.75 Å². The Hall–Kier alpha value is -1.26. The first kappa shape index (κ1) is 13.7. The van der Waals surface area contributed by atoms with E-state index >= 15 is 0 Å². The molecule has 1 aromatic carbocycles. The number of nitrogens with zero attached hydrogens (tertiary/aromatic N) is 1. The molecule has 2 nitrogen and oxygen atoms in total. The number of benzene rings is 1. The number of fused-ring (bicyclic) bond motifs is 1. The van der Waals surface area contributed by atoms with Crippen molar-refractivity contribution in [3.63, 3.8) is 0 Å². The predicted molar refractivity (Wildman–Crippen MR) is 88.8 cm³/mol. The maximum absolute atomic E-state index is 5.74. The predicted octanol–water partition coefficient (Wildman–Crippen LogP) is 5.30. The van der Waals surface area contributed by atoms with E-state index in [0.717, 1.165) is 12.3 Å². The van der Waals surface area contributed by atoms with Crippen LogP contribution in [0.1, 0.15) is 18.7 Å². The summed E-state index contributed by atoms with van der Waals surface area (Å²) in [5.74, 6) is 0.933. The van der Waals surface area contributed by atoms with Crippen molar-refractivity contribution in [3.8, 4) is 5.75 Å². The molecule has 0 N–H and O–H groups in total. The summed E-state index contributed by atoms with van der Waals surface area (Å²) in [7, 11) is 0. The van der Waals surface area contributed by atoms with Crippen LogP contribution in [-0.4, -0.2) is 10.7 Å². The number of thiophene rings is 1. The average Bonchev–Trinajstić information content (AvgIpc) is 2.97. The summed E-state index contributed by atoms with van der Waals surface area (Å²) in [4.78, 5) is 1.34. The highest BCUT2D eigenvalue weighted by atomic mass is 79.9. The first-order valence-electron chi connectivity index (χ1n) is 6.61. The standard InChI is InChI=1S/C16H16BrNOS/c1-11(2)19-13-3-4-15-12(9-13)5-7-18(15)10-16-14(17)6-8-20-16/h3-9,11H,10H2,1-2H3. The van der Waals surface area contributed by atoms with E-state index in [2.05, 4.69) is 56.3 Å². The molecule has 2 heterocycles. The molecule has 0 spiro atoms. The third-order valence-electron chi connectivity index (χ3n) is 3.12. The van der Waals surface area contributed by atoms with Crippen molar-refractivity contribution in [3.05, 3.63) is 51.3 Å². The minimum atomic E-state index is 0.205. The first-order valence-corrected chi connectivity index (χ1v) is 8.28. The van der Waals surface area contributed by atoms with Crippen molar-refractivity contribution in [1.29, 1.82) is 0 Å². The molecule has 20 heavy (non-hydrogen) atoms. The van der Waals surface area contributed by atoms with Gasteiger partial charge in [-0.1, -0.05) is 0 Å². The molecule has 0 aliphatic rings. The second-order valence-corrected chi connectivity index (χ2v) is 6.88. The molecule has 3 rings (SSSR count). The highest BCUT2D eigenvalue weighted by molar-refractivity contribution is 9.10. The summed E-state index contributed by atoms with van der Waals surface area (Å²) in [5.41, 5.74) is 1.24. The van der Waals surface area contributed by atoms with E-state index in [1.165, 1.54) is 20.3 Å². The number of halogens is 1. The molecule has 4 heteroatoms. The zero-order valence-electron chi connectivity index (χ0n) is 11.5. The third kappa shape index (κ3) is 2.76. The van der Waals surface area contributed by atoms with E-state index < -0.39 is 0 Å². The zero-order valence-corrected chi connectivity index (χ0v) is 13.9. The lowest BCUT2D eigenvalue weighted by Crippen LogP contribution is -2.05. The molecular weight excluding hydrogens is 334 g/mol. The Labute approximate surface area is 131 Å². The number of ether oxygens (including phenoxy) is 1. The van der Waals surface area contributed by atoms with Crippen molar-refractivity contribution < 1.29 is 4.74 Å². The van der Waals surface area contributed by atoms with Gasteiger partial charge in [0.05, 0.1) is 12.6 Å². The van der Waals surface area contributed by atoms with Gasteiger partial charge in [0.2, 0.25) is 0 Å². The van der Waals surface area contributed by atoms with Crippen molar-refractivity contribution in [2.24, 2.45) is 0 Å². The summed E-state index contributed by atoms with van der Waals surface area (Å²) < 4.78 is 9.20. The number of hydrogen-bond acceptors (Lipinski definition) is 2. The van der Waals surface area contributed by atoms with Gasteiger partial charge in [0, 0.05) is 26.4 Å². The Morgan fingerprint density at radius 2 is 2.10 bits per heavy atom. The Morgan fingerprint density at radius 3 is 2.80 bits per heavy atom. The van der Waals surface area contributed by atoms with Crippen molar-refractivity contribution in [1.82, 2.24) is 4.57 Å². The summed E-state index contributed by atoms with van der Waals surface area (Å²) in [5, 5.41) is 3.33. The van der Waals surface area contributed by atoms with Crippen LogP contribution < -0.4 is 4.74 Å². The van der Waals surface area contributed by atoms with Crippen LogP contribution in [0.15, 0.2) is 46.4 Å². The maximum Gasteiger partial charge on any atom is 0.120 e. The van der Waals surface area contributed by atoms with Gasteiger partial charge in [-0.15, -0.1) is 11.3 Å². The van der Waals surface area contributed by atoms with Gasteiger partial charge in [-0.3, -0.25) is 0 Å². The van der Waals surface area contributed by atoms with E-state index in [1.807, 2.05) is 19.9 Å². The van der Waals surface area contributed by atoms with Crippen molar-refractivity contribution in [2.75, 3.05) is 0 Å². The molecule has 0 amide bonds. The fourth-order valence-corrected chi connectivity index (χ4v) is 3.73. The lowest BCUT2D eigenvalue weighted by molar-refractivity contribution is 0.243. The molecule has 0 saturated heterocycles. The third-order valence-corrected chi connectivity index (χ3v) is 5.03. The van der Waals surface area contributed by atoms with E-state index in [0.29, 0.717) is 0 Å². The zero-order chi connectivity index (χ0) is 14.1. The molecule has 0 aliphatic heterocycles. The Bertz CT molecular complexity index is 729. The highest BCUT2D eigenvalue weighted by Gasteiger charge is 2.07. The molecular formula is C16H16BrNOS. The summed E-state index contributed by atoms with van der Waals surface area (Å²) in [6, 6.07) is 10.5. The summed E-state index contributed by atoms with van der Waals surface area (Å²) >= 11 is 5.37. The molecule has 3 aromatic rings. The summed E-state index contributed by atoms with van der Waals surface area (Å²) in [6.07, 6.45) is 2.34. The second-order valence-electron chi connectivity index (χ2n) is 5.02. The van der Waals surface area contributed by atoms with Gasteiger partial charge in [0.25, 0.3) is 0 Å². The van der Waals surface area contributed by atoms with Gasteiger partial charge in [-0.2, -0.15) is 0 Å². The molecule has 104 valence electrons. The van der Waals surface area contributed by atoms with Crippen LogP contribution in [0.2, 0.25) is 0 Å². The minimum Gasteiger partial charge on any atom is -0.491 e.